The number of nitrogens with zero attached hydrogens (tertiary/aromatic N) is 1. The number of para-hydroxylation sites is 1. The fourth-order valence-corrected chi connectivity index (χ4v) is 2.69. The molecule has 0 unspecified atom stereocenters. The van der Waals surface area contributed by atoms with E-state index in [-0.39, 0.29) is 11.6 Å². The minimum atomic E-state index is -3.40. The molecular weight excluding hydrogens is 254 g/mol. The summed E-state index contributed by atoms with van der Waals surface area (Å²) in [5.74, 6) is -0.0858. The van der Waals surface area contributed by atoms with Crippen molar-refractivity contribution in [3.63, 3.8) is 0 Å². The van der Waals surface area contributed by atoms with Crippen LogP contribution in [0, 0.1) is 0 Å². The molecule has 7 heteroatoms. The second kappa shape index (κ2) is 6.25. The van der Waals surface area contributed by atoms with Crippen LogP contribution in [0.4, 0.5) is 5.69 Å². The van der Waals surface area contributed by atoms with E-state index < -0.39 is 10.0 Å². The minimum absolute atomic E-state index is 0.0496. The molecule has 1 rings (SSSR count). The predicted molar refractivity (Wildman–Crippen MR) is 71.3 cm³/mol. The van der Waals surface area contributed by atoms with E-state index in [1.54, 1.807) is 24.3 Å². The molecule has 0 saturated heterocycles. The average Bonchev–Trinajstić information content (AvgIpc) is 2.36. The van der Waals surface area contributed by atoms with Crippen LogP contribution in [-0.4, -0.2) is 25.2 Å². The molecule has 0 heterocycles. The number of nitrogens with two attached hydrogens (primary N) is 1. The van der Waals surface area contributed by atoms with Crippen molar-refractivity contribution < 1.29 is 13.6 Å². The van der Waals surface area contributed by atoms with Crippen molar-refractivity contribution in [2.75, 3.05) is 10.5 Å². The molecule has 0 saturated carbocycles. The third-order valence-corrected chi connectivity index (χ3v) is 3.70. The summed E-state index contributed by atoms with van der Waals surface area (Å²) >= 11 is 0. The molecule has 18 heavy (non-hydrogen) atoms. The molecule has 6 nitrogen and oxygen atoms in total. The first-order chi connectivity index (χ1) is 8.50. The van der Waals surface area contributed by atoms with Gasteiger partial charge in [0, 0.05) is 5.56 Å². The number of sulfonamides is 1. The van der Waals surface area contributed by atoms with E-state index in [0.29, 0.717) is 17.7 Å². The Morgan fingerprint density at radius 1 is 1.44 bits per heavy atom. The van der Waals surface area contributed by atoms with Gasteiger partial charge in [0.25, 0.3) is 0 Å². The van der Waals surface area contributed by atoms with E-state index in [1.807, 2.05) is 6.92 Å². The quantitative estimate of drug-likeness (QED) is 0.314. The number of unbranched alkanes of at least 4 members (excludes halogenated alkanes) is 1. The van der Waals surface area contributed by atoms with Crippen LogP contribution in [0.3, 0.4) is 0 Å². The number of oxime groups is 1. The first-order valence-electron chi connectivity index (χ1n) is 5.57. The van der Waals surface area contributed by atoms with Crippen molar-refractivity contribution >= 4 is 21.5 Å². The van der Waals surface area contributed by atoms with Gasteiger partial charge in [-0.05, 0) is 18.6 Å². The van der Waals surface area contributed by atoms with Gasteiger partial charge in [-0.3, -0.25) is 4.72 Å². The molecule has 0 aliphatic rings. The highest BCUT2D eigenvalue weighted by atomic mass is 32.2. The van der Waals surface area contributed by atoms with Crippen LogP contribution in [0.25, 0.3) is 0 Å². The Kier molecular flexibility index (Phi) is 4.96. The summed E-state index contributed by atoms with van der Waals surface area (Å²) in [5.41, 5.74) is 6.14. The van der Waals surface area contributed by atoms with Crippen LogP contribution in [0.5, 0.6) is 0 Å². The molecule has 0 aliphatic carbocycles. The molecule has 0 fully saturated rings. The number of rotatable bonds is 6. The van der Waals surface area contributed by atoms with Crippen molar-refractivity contribution in [2.45, 2.75) is 19.8 Å². The summed E-state index contributed by atoms with van der Waals surface area (Å²) < 4.78 is 26.0. The summed E-state index contributed by atoms with van der Waals surface area (Å²) in [7, 11) is -3.40. The van der Waals surface area contributed by atoms with Crippen LogP contribution < -0.4 is 10.5 Å². The summed E-state index contributed by atoms with van der Waals surface area (Å²) in [4.78, 5) is 0. The molecule has 1 aromatic rings. The Morgan fingerprint density at radius 2 is 2.11 bits per heavy atom. The molecule has 0 aliphatic heterocycles. The smallest absolute Gasteiger partial charge is 0.232 e. The van der Waals surface area contributed by atoms with Crippen molar-refractivity contribution in [2.24, 2.45) is 10.9 Å². The standard InChI is InChI=1S/C11H17N3O3S/c1-2-3-8-18(16,17)14-10-7-5-4-6-9(10)11(12)13-15/h4-7,14-15H,2-3,8H2,1H3,(H2,12,13). The Hall–Kier alpha value is -1.76. The number of hydrogen-bond donors (Lipinski definition) is 3. The third-order valence-electron chi connectivity index (χ3n) is 2.34. The molecule has 0 aromatic heterocycles. The van der Waals surface area contributed by atoms with Gasteiger partial charge in [0.05, 0.1) is 11.4 Å². The molecule has 0 spiro atoms. The lowest BCUT2D eigenvalue weighted by Crippen LogP contribution is -2.21. The zero-order valence-corrected chi connectivity index (χ0v) is 10.9. The van der Waals surface area contributed by atoms with E-state index >= 15 is 0 Å². The van der Waals surface area contributed by atoms with Crippen LogP contribution >= 0.6 is 0 Å². The lowest BCUT2D eigenvalue weighted by atomic mass is 10.2. The second-order valence-electron chi connectivity index (χ2n) is 3.81. The van der Waals surface area contributed by atoms with Crippen LogP contribution in [0.15, 0.2) is 29.4 Å². The SMILES string of the molecule is CCCCS(=O)(=O)Nc1ccccc1/C(N)=N/O. The zero-order valence-electron chi connectivity index (χ0n) is 10.1. The lowest BCUT2D eigenvalue weighted by Gasteiger charge is -2.11. The van der Waals surface area contributed by atoms with Crippen LogP contribution in [-0.2, 0) is 10.0 Å². The van der Waals surface area contributed by atoms with Gasteiger partial charge in [-0.25, -0.2) is 8.42 Å². The Balaban J connectivity index is 2.98. The van der Waals surface area contributed by atoms with E-state index in [0.717, 1.165) is 6.42 Å². The maximum absolute atomic E-state index is 11.8. The molecule has 100 valence electrons. The summed E-state index contributed by atoms with van der Waals surface area (Å²) in [6, 6.07) is 6.49. The van der Waals surface area contributed by atoms with E-state index in [1.165, 1.54) is 0 Å². The van der Waals surface area contributed by atoms with Crippen molar-refractivity contribution in [3.8, 4) is 0 Å². The van der Waals surface area contributed by atoms with Crippen LogP contribution in [0.1, 0.15) is 25.3 Å². The number of amidine groups is 1. The predicted octanol–water partition coefficient (Wildman–Crippen LogP) is 1.32. The largest absolute Gasteiger partial charge is 0.409 e. The van der Waals surface area contributed by atoms with Gasteiger partial charge in [-0.2, -0.15) is 0 Å². The summed E-state index contributed by atoms with van der Waals surface area (Å²) in [6.45, 7) is 1.92. The van der Waals surface area contributed by atoms with Crippen molar-refractivity contribution in [1.29, 1.82) is 0 Å². The minimum Gasteiger partial charge on any atom is -0.409 e. The summed E-state index contributed by atoms with van der Waals surface area (Å²) in [6.07, 6.45) is 1.38. The highest BCUT2D eigenvalue weighted by Crippen LogP contribution is 2.16. The number of hydrogen-bond acceptors (Lipinski definition) is 4. The number of nitrogens with one attached hydrogen (secondary N) is 1. The van der Waals surface area contributed by atoms with Gasteiger partial charge in [0.1, 0.15) is 0 Å². The van der Waals surface area contributed by atoms with Gasteiger partial charge in [-0.15, -0.1) is 0 Å². The molecule has 0 bridgehead atoms. The van der Waals surface area contributed by atoms with E-state index in [2.05, 4.69) is 9.88 Å². The van der Waals surface area contributed by atoms with Crippen LogP contribution in [0.2, 0.25) is 0 Å². The average molecular weight is 271 g/mol. The van der Waals surface area contributed by atoms with Gasteiger partial charge >= 0.3 is 0 Å². The fraction of sp³-hybridized carbons (Fsp3) is 0.364. The zero-order chi connectivity index (χ0) is 13.6. The van der Waals surface area contributed by atoms with Gasteiger partial charge < -0.3 is 10.9 Å². The lowest BCUT2D eigenvalue weighted by molar-refractivity contribution is 0.318. The third kappa shape index (κ3) is 3.92. The molecule has 0 amide bonds. The number of benzene rings is 1. The molecular formula is C11H17N3O3S. The fourth-order valence-electron chi connectivity index (χ4n) is 1.40. The van der Waals surface area contributed by atoms with Gasteiger partial charge in [0.15, 0.2) is 5.84 Å². The maximum Gasteiger partial charge on any atom is 0.232 e. The maximum atomic E-state index is 11.8. The van der Waals surface area contributed by atoms with Crippen molar-refractivity contribution in [1.82, 2.24) is 0 Å². The van der Waals surface area contributed by atoms with E-state index in [9.17, 15) is 8.42 Å². The monoisotopic (exact) mass is 271 g/mol. The molecule has 4 N–H and O–H groups in total. The normalized spacial score (nSPS) is 12.4. The Bertz CT molecular complexity index is 526. The molecule has 1 aromatic carbocycles. The Labute approximate surface area is 107 Å². The highest BCUT2D eigenvalue weighted by Gasteiger charge is 2.13. The van der Waals surface area contributed by atoms with Gasteiger partial charge in [-0.1, -0.05) is 30.6 Å². The van der Waals surface area contributed by atoms with Gasteiger partial charge in [0.2, 0.25) is 10.0 Å². The molecule has 0 atom stereocenters. The number of anilines is 1. The first-order valence-corrected chi connectivity index (χ1v) is 7.23. The Morgan fingerprint density at radius 3 is 2.72 bits per heavy atom. The van der Waals surface area contributed by atoms with Crippen molar-refractivity contribution in [3.05, 3.63) is 29.8 Å². The topological polar surface area (TPSA) is 105 Å². The highest BCUT2D eigenvalue weighted by molar-refractivity contribution is 7.92. The second-order valence-corrected chi connectivity index (χ2v) is 5.65. The van der Waals surface area contributed by atoms with E-state index in [4.69, 9.17) is 10.9 Å². The first kappa shape index (κ1) is 14.3. The summed E-state index contributed by atoms with van der Waals surface area (Å²) in [5, 5.41) is 11.5. The molecule has 0 radical (unpaired) electrons.